The average Bonchev–Trinajstić information content (AvgIpc) is 2.63. The molecule has 2 aromatic carbocycles. The molecule has 1 amide bonds. The number of carbonyl (C=O) groups is 2. The normalized spacial score (nSPS) is 10.3. The summed E-state index contributed by atoms with van der Waals surface area (Å²) in [5.74, 6) is -0.105. The van der Waals surface area contributed by atoms with E-state index < -0.39 is 12.1 Å². The summed E-state index contributed by atoms with van der Waals surface area (Å²) in [5, 5.41) is 0. The zero-order valence-corrected chi connectivity index (χ0v) is 15.7. The summed E-state index contributed by atoms with van der Waals surface area (Å²) in [6, 6.07) is 12.7. The van der Waals surface area contributed by atoms with E-state index in [-0.39, 0.29) is 6.61 Å². The standard InChI is InChI=1S/C21H25NO4/c1-5-8-16-11-13-17(14-12-16)20(23)26-19-15(3)9-7-10-18(19)22(4)21(24)25-6-2/h7,9-14H,5-6,8H2,1-4H3. The van der Waals surface area contributed by atoms with Crippen LogP contribution in [0.5, 0.6) is 5.75 Å². The first kappa shape index (κ1) is 19.5. The fourth-order valence-corrected chi connectivity index (χ4v) is 2.60. The van der Waals surface area contributed by atoms with Crippen molar-refractivity contribution in [3.8, 4) is 5.75 Å². The Morgan fingerprint density at radius 1 is 1.04 bits per heavy atom. The number of hydrogen-bond acceptors (Lipinski definition) is 4. The molecule has 2 aromatic rings. The van der Waals surface area contributed by atoms with E-state index >= 15 is 0 Å². The van der Waals surface area contributed by atoms with Gasteiger partial charge in [0.15, 0.2) is 5.75 Å². The van der Waals surface area contributed by atoms with Gasteiger partial charge in [0.05, 0.1) is 17.9 Å². The minimum Gasteiger partial charge on any atom is -0.449 e. The minimum atomic E-state index is -0.501. The summed E-state index contributed by atoms with van der Waals surface area (Å²) in [6.07, 6.45) is 1.53. The fraction of sp³-hybridized carbons (Fsp3) is 0.333. The molecule has 0 heterocycles. The van der Waals surface area contributed by atoms with Crippen LogP contribution in [0.2, 0.25) is 0 Å². The quantitative estimate of drug-likeness (QED) is 0.554. The molecule has 0 saturated heterocycles. The lowest BCUT2D eigenvalue weighted by Crippen LogP contribution is -2.28. The Bertz CT molecular complexity index is 768. The Hall–Kier alpha value is -2.82. The zero-order valence-electron chi connectivity index (χ0n) is 15.7. The van der Waals surface area contributed by atoms with E-state index in [0.717, 1.165) is 18.4 Å². The van der Waals surface area contributed by atoms with Crippen LogP contribution < -0.4 is 9.64 Å². The summed E-state index contributed by atoms with van der Waals surface area (Å²) in [5.41, 5.74) is 2.90. The van der Waals surface area contributed by atoms with E-state index in [1.807, 2.05) is 25.1 Å². The van der Waals surface area contributed by atoms with E-state index in [9.17, 15) is 9.59 Å². The second-order valence-corrected chi connectivity index (χ2v) is 6.02. The number of ether oxygens (including phenoxy) is 2. The van der Waals surface area contributed by atoms with Crippen LogP contribution in [-0.4, -0.2) is 25.7 Å². The van der Waals surface area contributed by atoms with Gasteiger partial charge in [0.1, 0.15) is 0 Å². The Kier molecular flexibility index (Phi) is 6.78. The summed E-state index contributed by atoms with van der Waals surface area (Å²) in [7, 11) is 1.59. The second kappa shape index (κ2) is 9.04. The first-order valence-corrected chi connectivity index (χ1v) is 8.79. The van der Waals surface area contributed by atoms with Crippen molar-refractivity contribution in [3.63, 3.8) is 0 Å². The highest BCUT2D eigenvalue weighted by Crippen LogP contribution is 2.32. The van der Waals surface area contributed by atoms with E-state index in [0.29, 0.717) is 17.0 Å². The maximum absolute atomic E-state index is 12.5. The van der Waals surface area contributed by atoms with E-state index in [4.69, 9.17) is 9.47 Å². The van der Waals surface area contributed by atoms with Crippen LogP contribution in [0.15, 0.2) is 42.5 Å². The number of para-hydroxylation sites is 1. The molecule has 0 aromatic heterocycles. The number of rotatable bonds is 6. The highest BCUT2D eigenvalue weighted by molar-refractivity contribution is 5.94. The lowest BCUT2D eigenvalue weighted by molar-refractivity contribution is 0.0733. The Morgan fingerprint density at radius 3 is 2.35 bits per heavy atom. The first-order chi connectivity index (χ1) is 12.5. The van der Waals surface area contributed by atoms with Crippen molar-refractivity contribution in [2.75, 3.05) is 18.6 Å². The van der Waals surface area contributed by atoms with Gasteiger partial charge in [0.2, 0.25) is 0 Å². The summed E-state index contributed by atoms with van der Waals surface area (Å²) < 4.78 is 10.6. The third kappa shape index (κ3) is 4.63. The molecule has 5 nitrogen and oxygen atoms in total. The number of esters is 1. The maximum atomic E-state index is 12.5. The van der Waals surface area contributed by atoms with Crippen molar-refractivity contribution < 1.29 is 19.1 Å². The van der Waals surface area contributed by atoms with E-state index in [1.54, 1.807) is 38.2 Å². The summed E-state index contributed by atoms with van der Waals surface area (Å²) >= 11 is 0. The molecule has 0 aliphatic carbocycles. The van der Waals surface area contributed by atoms with Gasteiger partial charge in [-0.3, -0.25) is 4.90 Å². The molecular formula is C21H25NO4. The lowest BCUT2D eigenvalue weighted by Gasteiger charge is -2.20. The van der Waals surface area contributed by atoms with Crippen molar-refractivity contribution in [2.24, 2.45) is 0 Å². The molecule has 0 radical (unpaired) electrons. The van der Waals surface area contributed by atoms with Gasteiger partial charge in [-0.15, -0.1) is 0 Å². The molecule has 5 heteroatoms. The van der Waals surface area contributed by atoms with Gasteiger partial charge in [-0.05, 0) is 49.6 Å². The van der Waals surface area contributed by atoms with Gasteiger partial charge in [0, 0.05) is 7.05 Å². The predicted octanol–water partition coefficient (Wildman–Crippen LogP) is 4.76. The minimum absolute atomic E-state index is 0.272. The number of anilines is 1. The van der Waals surface area contributed by atoms with Crippen molar-refractivity contribution in [3.05, 3.63) is 59.2 Å². The molecule has 138 valence electrons. The van der Waals surface area contributed by atoms with E-state index in [1.165, 1.54) is 10.5 Å². The van der Waals surface area contributed by atoms with Crippen molar-refractivity contribution in [1.82, 2.24) is 0 Å². The second-order valence-electron chi connectivity index (χ2n) is 6.02. The van der Waals surface area contributed by atoms with Crippen molar-refractivity contribution in [2.45, 2.75) is 33.6 Å². The van der Waals surface area contributed by atoms with Crippen LogP contribution in [0.3, 0.4) is 0 Å². The third-order valence-corrected chi connectivity index (χ3v) is 4.02. The zero-order chi connectivity index (χ0) is 19.1. The van der Waals surface area contributed by atoms with Gasteiger partial charge in [0.25, 0.3) is 0 Å². The van der Waals surface area contributed by atoms with Crippen LogP contribution in [0, 0.1) is 6.92 Å². The lowest BCUT2D eigenvalue weighted by atomic mass is 10.1. The largest absolute Gasteiger partial charge is 0.449 e. The monoisotopic (exact) mass is 355 g/mol. The van der Waals surface area contributed by atoms with Crippen LogP contribution in [0.1, 0.15) is 41.8 Å². The molecule has 0 atom stereocenters. The Labute approximate surface area is 154 Å². The molecule has 0 spiro atoms. The van der Waals surface area contributed by atoms with Crippen molar-refractivity contribution >= 4 is 17.7 Å². The molecule has 0 aliphatic rings. The number of carbonyl (C=O) groups excluding carboxylic acids is 2. The maximum Gasteiger partial charge on any atom is 0.414 e. The van der Waals surface area contributed by atoms with Crippen molar-refractivity contribution in [1.29, 1.82) is 0 Å². The highest BCUT2D eigenvalue weighted by atomic mass is 16.6. The molecule has 0 unspecified atom stereocenters. The van der Waals surface area contributed by atoms with Crippen LogP contribution in [-0.2, 0) is 11.2 Å². The molecule has 0 N–H and O–H groups in total. The number of aryl methyl sites for hydroxylation is 2. The number of benzene rings is 2. The molecule has 26 heavy (non-hydrogen) atoms. The number of amides is 1. The van der Waals surface area contributed by atoms with Gasteiger partial charge in [-0.1, -0.05) is 37.6 Å². The molecular weight excluding hydrogens is 330 g/mol. The molecule has 0 saturated carbocycles. The molecule has 0 bridgehead atoms. The Morgan fingerprint density at radius 2 is 1.73 bits per heavy atom. The molecule has 0 fully saturated rings. The van der Waals surface area contributed by atoms with Gasteiger partial charge >= 0.3 is 12.1 Å². The highest BCUT2D eigenvalue weighted by Gasteiger charge is 2.20. The van der Waals surface area contributed by atoms with Crippen LogP contribution in [0.25, 0.3) is 0 Å². The Balaban J connectivity index is 2.25. The summed E-state index contributed by atoms with van der Waals surface area (Å²) in [6.45, 7) is 5.96. The number of hydrogen-bond donors (Lipinski definition) is 0. The van der Waals surface area contributed by atoms with E-state index in [2.05, 4.69) is 6.92 Å². The predicted molar refractivity (Wildman–Crippen MR) is 102 cm³/mol. The van der Waals surface area contributed by atoms with Gasteiger partial charge < -0.3 is 9.47 Å². The fourth-order valence-electron chi connectivity index (χ4n) is 2.60. The topological polar surface area (TPSA) is 55.8 Å². The third-order valence-electron chi connectivity index (χ3n) is 4.02. The number of nitrogens with zero attached hydrogens (tertiary/aromatic N) is 1. The summed E-state index contributed by atoms with van der Waals surface area (Å²) in [4.78, 5) is 25.9. The SMILES string of the molecule is CCCc1ccc(C(=O)Oc2c(C)cccc2N(C)C(=O)OCC)cc1. The molecule has 0 aliphatic heterocycles. The van der Waals surface area contributed by atoms with Gasteiger partial charge in [-0.2, -0.15) is 0 Å². The van der Waals surface area contributed by atoms with Gasteiger partial charge in [-0.25, -0.2) is 9.59 Å². The van der Waals surface area contributed by atoms with Crippen LogP contribution in [0.4, 0.5) is 10.5 Å². The average molecular weight is 355 g/mol. The molecule has 2 rings (SSSR count). The van der Waals surface area contributed by atoms with Crippen LogP contribution >= 0.6 is 0 Å². The smallest absolute Gasteiger partial charge is 0.414 e. The first-order valence-electron chi connectivity index (χ1n) is 8.79.